The first kappa shape index (κ1) is 14.0. The number of carbonyl (C=O) groups is 1. The van der Waals surface area contributed by atoms with Crippen LogP contribution in [0, 0.1) is 11.7 Å². The molecular weight excluding hydrogens is 245 g/mol. The first-order valence-electron chi connectivity index (χ1n) is 6.78. The molecule has 1 aliphatic rings. The molecule has 1 N–H and O–H groups in total. The van der Waals surface area contributed by atoms with Gasteiger partial charge in [-0.1, -0.05) is 25.1 Å². The molecule has 1 aromatic carbocycles. The number of carbonyl (C=O) groups excluding carboxylic acids is 1. The zero-order chi connectivity index (χ0) is 13.8. The Morgan fingerprint density at radius 2 is 2.05 bits per heavy atom. The van der Waals surface area contributed by atoms with Gasteiger partial charge in [0.25, 0.3) is 0 Å². The van der Waals surface area contributed by atoms with Crippen LogP contribution in [0.5, 0.6) is 0 Å². The SMILES string of the molecule is CC(Cc1ccccc1F)C(=O)N1CCC(O)CC1. The molecular formula is C15H20FNO2. The second-order valence-corrected chi connectivity index (χ2v) is 5.25. The highest BCUT2D eigenvalue weighted by atomic mass is 19.1. The minimum absolute atomic E-state index is 0.0511. The van der Waals surface area contributed by atoms with Crippen molar-refractivity contribution < 1.29 is 14.3 Å². The Morgan fingerprint density at radius 3 is 2.68 bits per heavy atom. The summed E-state index contributed by atoms with van der Waals surface area (Å²) in [6.45, 7) is 3.03. The number of halogens is 1. The molecule has 0 radical (unpaired) electrons. The quantitative estimate of drug-likeness (QED) is 0.908. The van der Waals surface area contributed by atoms with E-state index < -0.39 is 0 Å². The van der Waals surface area contributed by atoms with Gasteiger partial charge in [-0.2, -0.15) is 0 Å². The van der Waals surface area contributed by atoms with Gasteiger partial charge in [0.05, 0.1) is 6.10 Å². The molecule has 3 nitrogen and oxygen atoms in total. The lowest BCUT2D eigenvalue weighted by molar-refractivity contribution is -0.137. The Kier molecular flexibility index (Phi) is 4.53. The molecule has 1 heterocycles. The number of benzene rings is 1. The number of hydrogen-bond donors (Lipinski definition) is 1. The third-order valence-electron chi connectivity index (χ3n) is 3.68. The highest BCUT2D eigenvalue weighted by Crippen LogP contribution is 2.17. The summed E-state index contributed by atoms with van der Waals surface area (Å²) in [5.41, 5.74) is 0.584. The summed E-state index contributed by atoms with van der Waals surface area (Å²) in [6.07, 6.45) is 1.41. The Hall–Kier alpha value is -1.42. The van der Waals surface area contributed by atoms with E-state index in [2.05, 4.69) is 0 Å². The van der Waals surface area contributed by atoms with E-state index in [1.165, 1.54) is 6.07 Å². The molecule has 19 heavy (non-hydrogen) atoms. The molecule has 0 bridgehead atoms. The summed E-state index contributed by atoms with van der Waals surface area (Å²) >= 11 is 0. The molecule has 1 aromatic rings. The van der Waals surface area contributed by atoms with Crippen LogP contribution >= 0.6 is 0 Å². The smallest absolute Gasteiger partial charge is 0.225 e. The second-order valence-electron chi connectivity index (χ2n) is 5.25. The van der Waals surface area contributed by atoms with Crippen molar-refractivity contribution in [3.8, 4) is 0 Å². The highest BCUT2D eigenvalue weighted by Gasteiger charge is 2.25. The molecule has 0 spiro atoms. The van der Waals surface area contributed by atoms with Gasteiger partial charge in [-0.25, -0.2) is 4.39 Å². The maximum atomic E-state index is 13.5. The number of amides is 1. The van der Waals surface area contributed by atoms with Crippen molar-refractivity contribution in [3.05, 3.63) is 35.6 Å². The molecule has 2 rings (SSSR count). The molecule has 0 aliphatic carbocycles. The number of rotatable bonds is 3. The number of nitrogens with zero attached hydrogens (tertiary/aromatic N) is 1. The Bertz CT molecular complexity index is 442. The number of aliphatic hydroxyl groups is 1. The first-order chi connectivity index (χ1) is 9.08. The second kappa shape index (κ2) is 6.15. The Balaban J connectivity index is 1.94. The van der Waals surface area contributed by atoms with Crippen LogP contribution in [0.15, 0.2) is 24.3 Å². The summed E-state index contributed by atoms with van der Waals surface area (Å²) in [4.78, 5) is 14.0. The lowest BCUT2D eigenvalue weighted by Gasteiger charge is -2.31. The first-order valence-corrected chi connectivity index (χ1v) is 6.78. The van der Waals surface area contributed by atoms with Gasteiger partial charge in [0.2, 0.25) is 5.91 Å². The minimum Gasteiger partial charge on any atom is -0.393 e. The van der Waals surface area contributed by atoms with Gasteiger partial charge in [0.15, 0.2) is 0 Å². The van der Waals surface area contributed by atoms with Gasteiger partial charge in [0, 0.05) is 19.0 Å². The number of hydrogen-bond acceptors (Lipinski definition) is 2. The van der Waals surface area contributed by atoms with Crippen LogP contribution in [0.3, 0.4) is 0 Å². The monoisotopic (exact) mass is 265 g/mol. The number of aliphatic hydroxyl groups excluding tert-OH is 1. The highest BCUT2D eigenvalue weighted by molar-refractivity contribution is 5.78. The molecule has 1 saturated heterocycles. The Labute approximate surface area is 113 Å². The maximum absolute atomic E-state index is 13.5. The lowest BCUT2D eigenvalue weighted by atomic mass is 9.98. The minimum atomic E-state index is -0.286. The van der Waals surface area contributed by atoms with Crippen LogP contribution in [-0.2, 0) is 11.2 Å². The molecule has 104 valence electrons. The molecule has 1 fully saturated rings. The van der Waals surface area contributed by atoms with E-state index in [1.54, 1.807) is 23.1 Å². The predicted molar refractivity (Wildman–Crippen MR) is 71.1 cm³/mol. The fourth-order valence-electron chi connectivity index (χ4n) is 2.48. The number of likely N-dealkylation sites (tertiary alicyclic amines) is 1. The summed E-state index contributed by atoms with van der Waals surface area (Å²) in [5, 5.41) is 9.43. The van der Waals surface area contributed by atoms with Crippen LogP contribution in [0.2, 0.25) is 0 Å². The van der Waals surface area contributed by atoms with Crippen LogP contribution in [0.25, 0.3) is 0 Å². The van der Waals surface area contributed by atoms with E-state index >= 15 is 0 Å². The average molecular weight is 265 g/mol. The summed E-state index contributed by atoms with van der Waals surface area (Å²) < 4.78 is 13.5. The molecule has 1 amide bonds. The van der Waals surface area contributed by atoms with Crippen molar-refractivity contribution in [1.82, 2.24) is 4.90 Å². The van der Waals surface area contributed by atoms with Gasteiger partial charge >= 0.3 is 0 Å². The summed E-state index contributed by atoms with van der Waals surface area (Å²) in [6, 6.07) is 6.58. The van der Waals surface area contributed by atoms with E-state index in [0.717, 1.165) is 0 Å². The summed E-state index contributed by atoms with van der Waals surface area (Å²) in [7, 11) is 0. The van der Waals surface area contributed by atoms with Crippen LogP contribution in [-0.4, -0.2) is 35.1 Å². The van der Waals surface area contributed by atoms with Crippen molar-refractivity contribution in [2.24, 2.45) is 5.92 Å². The molecule has 0 saturated carbocycles. The third-order valence-corrected chi connectivity index (χ3v) is 3.68. The van der Waals surface area contributed by atoms with Gasteiger partial charge < -0.3 is 10.0 Å². The fourth-order valence-corrected chi connectivity index (χ4v) is 2.48. The van der Waals surface area contributed by atoms with E-state index in [4.69, 9.17) is 0 Å². The predicted octanol–water partition coefficient (Wildman–Crippen LogP) is 1.99. The normalized spacial score (nSPS) is 18.4. The average Bonchev–Trinajstić information content (AvgIpc) is 2.41. The maximum Gasteiger partial charge on any atom is 0.225 e. The van der Waals surface area contributed by atoms with Gasteiger partial charge in [-0.05, 0) is 30.9 Å². The standard InChI is InChI=1S/C15H20FNO2/c1-11(10-12-4-2-3-5-14(12)16)15(19)17-8-6-13(18)7-9-17/h2-5,11,13,18H,6-10H2,1H3. The van der Waals surface area contributed by atoms with Gasteiger partial charge in [0.1, 0.15) is 5.82 Å². The molecule has 1 atom stereocenters. The van der Waals surface area contributed by atoms with Crippen LogP contribution in [0.1, 0.15) is 25.3 Å². The zero-order valence-corrected chi connectivity index (χ0v) is 11.2. The van der Waals surface area contributed by atoms with E-state index in [9.17, 15) is 14.3 Å². The topological polar surface area (TPSA) is 40.5 Å². The largest absolute Gasteiger partial charge is 0.393 e. The summed E-state index contributed by atoms with van der Waals surface area (Å²) in [5.74, 6) is -0.432. The van der Waals surface area contributed by atoms with Crippen LogP contribution in [0.4, 0.5) is 4.39 Å². The molecule has 4 heteroatoms. The third kappa shape index (κ3) is 3.53. The number of piperidine rings is 1. The van der Waals surface area contributed by atoms with Crippen LogP contribution < -0.4 is 0 Å². The van der Waals surface area contributed by atoms with Crippen molar-refractivity contribution in [3.63, 3.8) is 0 Å². The molecule has 0 aromatic heterocycles. The molecule has 1 aliphatic heterocycles. The van der Waals surface area contributed by atoms with Crippen molar-refractivity contribution >= 4 is 5.91 Å². The van der Waals surface area contributed by atoms with Crippen molar-refractivity contribution in [2.45, 2.75) is 32.3 Å². The van der Waals surface area contributed by atoms with E-state index in [-0.39, 0.29) is 23.7 Å². The van der Waals surface area contributed by atoms with E-state index in [0.29, 0.717) is 37.9 Å². The lowest BCUT2D eigenvalue weighted by Crippen LogP contribution is -2.42. The Morgan fingerprint density at radius 1 is 1.42 bits per heavy atom. The van der Waals surface area contributed by atoms with E-state index in [1.807, 2.05) is 6.92 Å². The van der Waals surface area contributed by atoms with Gasteiger partial charge in [-0.15, -0.1) is 0 Å². The zero-order valence-electron chi connectivity index (χ0n) is 11.2. The van der Waals surface area contributed by atoms with Gasteiger partial charge in [-0.3, -0.25) is 4.79 Å². The van der Waals surface area contributed by atoms with Crippen molar-refractivity contribution in [2.75, 3.05) is 13.1 Å². The van der Waals surface area contributed by atoms with Crippen molar-refractivity contribution in [1.29, 1.82) is 0 Å². The fraction of sp³-hybridized carbons (Fsp3) is 0.533. The molecule has 1 unspecified atom stereocenters.